The standard InChI is InChI=1S/C18H28N2O4/c1-14(9-8-12-19-16(21)24-18(2,3)4)20-17(22)23-13-15-10-6-5-7-11-15/h5-7,10-11,14H,8-9,12-13H2,1-4H3,(H,19,21)(H,20,22)/t14-/m0/s1. The summed E-state index contributed by atoms with van der Waals surface area (Å²) >= 11 is 0. The average Bonchev–Trinajstić information content (AvgIpc) is 2.49. The van der Waals surface area contributed by atoms with Crippen LogP contribution in [0.3, 0.4) is 0 Å². The molecule has 0 aromatic heterocycles. The van der Waals surface area contributed by atoms with Crippen LogP contribution in [0, 0.1) is 0 Å². The zero-order valence-corrected chi connectivity index (χ0v) is 14.9. The Balaban J connectivity index is 2.11. The highest BCUT2D eigenvalue weighted by Gasteiger charge is 2.15. The summed E-state index contributed by atoms with van der Waals surface area (Å²) in [6.07, 6.45) is 0.604. The van der Waals surface area contributed by atoms with E-state index in [0.717, 1.165) is 18.4 Å². The van der Waals surface area contributed by atoms with Crippen LogP contribution in [0.25, 0.3) is 0 Å². The van der Waals surface area contributed by atoms with Crippen LogP contribution in [0.15, 0.2) is 30.3 Å². The molecule has 0 saturated carbocycles. The minimum atomic E-state index is -0.499. The minimum Gasteiger partial charge on any atom is -0.445 e. The van der Waals surface area contributed by atoms with Crippen molar-refractivity contribution in [2.24, 2.45) is 0 Å². The van der Waals surface area contributed by atoms with Crippen molar-refractivity contribution in [3.05, 3.63) is 35.9 Å². The van der Waals surface area contributed by atoms with Crippen molar-refractivity contribution in [2.45, 2.75) is 58.8 Å². The first-order valence-corrected chi connectivity index (χ1v) is 8.20. The van der Waals surface area contributed by atoms with Gasteiger partial charge in [-0.1, -0.05) is 30.3 Å². The van der Waals surface area contributed by atoms with Gasteiger partial charge in [0.2, 0.25) is 0 Å². The van der Waals surface area contributed by atoms with E-state index in [0.29, 0.717) is 6.54 Å². The molecule has 134 valence electrons. The van der Waals surface area contributed by atoms with Crippen molar-refractivity contribution in [2.75, 3.05) is 6.54 Å². The molecule has 1 rings (SSSR count). The number of benzene rings is 1. The molecule has 0 heterocycles. The van der Waals surface area contributed by atoms with E-state index >= 15 is 0 Å². The molecule has 1 aromatic rings. The van der Waals surface area contributed by atoms with E-state index < -0.39 is 17.8 Å². The van der Waals surface area contributed by atoms with E-state index in [4.69, 9.17) is 9.47 Å². The van der Waals surface area contributed by atoms with Crippen LogP contribution in [-0.2, 0) is 16.1 Å². The Hall–Kier alpha value is -2.24. The molecule has 6 heteroatoms. The predicted molar refractivity (Wildman–Crippen MR) is 92.7 cm³/mol. The van der Waals surface area contributed by atoms with E-state index in [1.807, 2.05) is 58.0 Å². The summed E-state index contributed by atoms with van der Waals surface area (Å²) in [6.45, 7) is 8.11. The number of hydrogen-bond donors (Lipinski definition) is 2. The molecule has 1 aromatic carbocycles. The summed E-state index contributed by atoms with van der Waals surface area (Å²) in [7, 11) is 0. The van der Waals surface area contributed by atoms with Crippen molar-refractivity contribution < 1.29 is 19.1 Å². The summed E-state index contributed by atoms with van der Waals surface area (Å²) in [5, 5.41) is 5.46. The second-order valence-electron chi connectivity index (χ2n) is 6.68. The van der Waals surface area contributed by atoms with Gasteiger partial charge in [0.05, 0.1) is 0 Å². The largest absolute Gasteiger partial charge is 0.445 e. The summed E-state index contributed by atoms with van der Waals surface area (Å²) in [6, 6.07) is 9.48. The monoisotopic (exact) mass is 336 g/mol. The van der Waals surface area contributed by atoms with Gasteiger partial charge < -0.3 is 20.1 Å². The third-order valence-corrected chi connectivity index (χ3v) is 3.06. The van der Waals surface area contributed by atoms with E-state index in [2.05, 4.69) is 10.6 Å². The van der Waals surface area contributed by atoms with E-state index in [1.165, 1.54) is 0 Å². The van der Waals surface area contributed by atoms with Gasteiger partial charge in [-0.3, -0.25) is 0 Å². The maximum Gasteiger partial charge on any atom is 0.407 e. The Kier molecular flexibility index (Phi) is 8.09. The number of carbonyl (C=O) groups excluding carboxylic acids is 2. The van der Waals surface area contributed by atoms with Gasteiger partial charge in [-0.2, -0.15) is 0 Å². The average molecular weight is 336 g/mol. The summed E-state index contributed by atoms with van der Waals surface area (Å²) in [5.41, 5.74) is 0.448. The lowest BCUT2D eigenvalue weighted by Gasteiger charge is -2.20. The Morgan fingerprint density at radius 1 is 1.12 bits per heavy atom. The maximum atomic E-state index is 11.7. The minimum absolute atomic E-state index is 0.0336. The number of nitrogens with one attached hydrogen (secondary N) is 2. The van der Waals surface area contributed by atoms with Crippen molar-refractivity contribution >= 4 is 12.2 Å². The summed E-state index contributed by atoms with van der Waals surface area (Å²) in [5.74, 6) is 0. The van der Waals surface area contributed by atoms with Crippen LogP contribution in [0.2, 0.25) is 0 Å². The first-order chi connectivity index (χ1) is 11.3. The molecule has 0 saturated heterocycles. The molecule has 6 nitrogen and oxygen atoms in total. The fourth-order valence-electron chi connectivity index (χ4n) is 1.95. The van der Waals surface area contributed by atoms with Gasteiger partial charge in [0.1, 0.15) is 12.2 Å². The molecule has 1 atom stereocenters. The van der Waals surface area contributed by atoms with E-state index in [1.54, 1.807) is 0 Å². The van der Waals surface area contributed by atoms with Gasteiger partial charge in [0.25, 0.3) is 0 Å². The second kappa shape index (κ2) is 9.80. The van der Waals surface area contributed by atoms with Gasteiger partial charge >= 0.3 is 12.2 Å². The van der Waals surface area contributed by atoms with Gasteiger partial charge in [0, 0.05) is 12.6 Å². The zero-order valence-electron chi connectivity index (χ0n) is 14.9. The number of amides is 2. The van der Waals surface area contributed by atoms with Crippen LogP contribution in [0.5, 0.6) is 0 Å². The van der Waals surface area contributed by atoms with Crippen LogP contribution in [0.1, 0.15) is 46.1 Å². The third kappa shape index (κ3) is 9.71. The third-order valence-electron chi connectivity index (χ3n) is 3.06. The first-order valence-electron chi connectivity index (χ1n) is 8.20. The fraction of sp³-hybridized carbons (Fsp3) is 0.556. The number of carbonyl (C=O) groups is 2. The Morgan fingerprint density at radius 3 is 2.42 bits per heavy atom. The Morgan fingerprint density at radius 2 is 1.79 bits per heavy atom. The van der Waals surface area contributed by atoms with Gasteiger partial charge in [-0.25, -0.2) is 9.59 Å². The lowest BCUT2D eigenvalue weighted by molar-refractivity contribution is 0.0526. The highest BCUT2D eigenvalue weighted by molar-refractivity contribution is 5.68. The number of alkyl carbamates (subject to hydrolysis) is 2. The summed E-state index contributed by atoms with van der Waals surface area (Å²) in [4.78, 5) is 23.2. The normalized spacial score (nSPS) is 12.2. The molecule has 0 aliphatic rings. The lowest BCUT2D eigenvalue weighted by Crippen LogP contribution is -2.35. The highest BCUT2D eigenvalue weighted by atomic mass is 16.6. The predicted octanol–water partition coefficient (Wildman–Crippen LogP) is 3.61. The molecule has 0 aliphatic carbocycles. The quantitative estimate of drug-likeness (QED) is 0.746. The first kappa shape index (κ1) is 19.8. The molecule has 24 heavy (non-hydrogen) atoms. The second-order valence-corrected chi connectivity index (χ2v) is 6.68. The molecule has 0 aliphatic heterocycles. The van der Waals surface area contributed by atoms with E-state index in [9.17, 15) is 9.59 Å². The van der Waals surface area contributed by atoms with Crippen molar-refractivity contribution in [3.8, 4) is 0 Å². The smallest absolute Gasteiger partial charge is 0.407 e. The molecule has 0 spiro atoms. The topological polar surface area (TPSA) is 76.7 Å². The summed E-state index contributed by atoms with van der Waals surface area (Å²) < 4.78 is 10.3. The van der Waals surface area contributed by atoms with Gasteiger partial charge in [-0.15, -0.1) is 0 Å². The molecule has 0 bridgehead atoms. The van der Waals surface area contributed by atoms with E-state index in [-0.39, 0.29) is 12.6 Å². The number of hydrogen-bond acceptors (Lipinski definition) is 4. The van der Waals surface area contributed by atoms with Crippen LogP contribution in [-0.4, -0.2) is 30.4 Å². The molecular weight excluding hydrogens is 308 g/mol. The number of ether oxygens (including phenoxy) is 2. The van der Waals surface area contributed by atoms with Crippen LogP contribution in [0.4, 0.5) is 9.59 Å². The SMILES string of the molecule is C[C@@H](CCCNC(=O)OC(C)(C)C)NC(=O)OCc1ccccc1. The molecule has 2 amide bonds. The highest BCUT2D eigenvalue weighted by Crippen LogP contribution is 2.06. The Labute approximate surface area is 143 Å². The molecule has 0 fully saturated rings. The van der Waals surface area contributed by atoms with Crippen LogP contribution < -0.4 is 10.6 Å². The Bertz CT molecular complexity index is 512. The van der Waals surface area contributed by atoms with Crippen molar-refractivity contribution in [1.82, 2.24) is 10.6 Å². The van der Waals surface area contributed by atoms with Crippen molar-refractivity contribution in [3.63, 3.8) is 0 Å². The maximum absolute atomic E-state index is 11.7. The molecule has 0 unspecified atom stereocenters. The molecular formula is C18H28N2O4. The fourth-order valence-corrected chi connectivity index (χ4v) is 1.95. The van der Waals surface area contributed by atoms with Crippen molar-refractivity contribution in [1.29, 1.82) is 0 Å². The number of rotatable bonds is 7. The van der Waals surface area contributed by atoms with Gasteiger partial charge in [0.15, 0.2) is 0 Å². The lowest BCUT2D eigenvalue weighted by atomic mass is 10.2. The van der Waals surface area contributed by atoms with Crippen LogP contribution >= 0.6 is 0 Å². The zero-order chi connectivity index (χ0) is 18.0. The van der Waals surface area contributed by atoms with Gasteiger partial charge in [-0.05, 0) is 46.1 Å². The molecule has 0 radical (unpaired) electrons. The molecule has 2 N–H and O–H groups in total.